The summed E-state index contributed by atoms with van der Waals surface area (Å²) in [6.45, 7) is 3.70. The third-order valence-corrected chi connectivity index (χ3v) is 3.66. The maximum atomic E-state index is 13.0. The fourth-order valence-corrected chi connectivity index (χ4v) is 2.34. The molecule has 2 aromatic rings. The van der Waals surface area contributed by atoms with Gasteiger partial charge >= 0.3 is 0 Å². The van der Waals surface area contributed by atoms with Crippen LogP contribution < -0.4 is 0 Å². The maximum absolute atomic E-state index is 13.0. The predicted octanol–water partition coefficient (Wildman–Crippen LogP) is 2.91. The molecular formula is C17H21FN2O3. The summed E-state index contributed by atoms with van der Waals surface area (Å²) >= 11 is 0. The van der Waals surface area contributed by atoms with E-state index in [1.807, 2.05) is 6.92 Å². The number of hydrogen-bond donors (Lipinski definition) is 0. The van der Waals surface area contributed by atoms with Crippen molar-refractivity contribution in [2.75, 3.05) is 26.8 Å². The van der Waals surface area contributed by atoms with Crippen molar-refractivity contribution in [1.82, 2.24) is 10.1 Å². The van der Waals surface area contributed by atoms with Gasteiger partial charge in [-0.05, 0) is 37.6 Å². The van der Waals surface area contributed by atoms with Gasteiger partial charge in [0.2, 0.25) is 5.91 Å². The lowest BCUT2D eigenvalue weighted by Gasteiger charge is -2.20. The molecule has 0 unspecified atom stereocenters. The van der Waals surface area contributed by atoms with E-state index in [0.29, 0.717) is 38.3 Å². The van der Waals surface area contributed by atoms with Crippen LogP contribution in [0.15, 0.2) is 35.0 Å². The molecule has 0 radical (unpaired) electrons. The maximum Gasteiger partial charge on any atom is 0.222 e. The Balaban J connectivity index is 2.00. The zero-order valence-electron chi connectivity index (χ0n) is 13.4. The summed E-state index contributed by atoms with van der Waals surface area (Å²) in [6, 6.07) is 6.02. The lowest BCUT2D eigenvalue weighted by Crippen LogP contribution is -2.33. The molecule has 0 fully saturated rings. The number of likely N-dealkylation sites (N-methyl/N-ethyl adjacent to an activating group) is 1. The van der Waals surface area contributed by atoms with E-state index >= 15 is 0 Å². The molecule has 1 aromatic heterocycles. The largest absolute Gasteiger partial charge is 0.383 e. The van der Waals surface area contributed by atoms with Crippen molar-refractivity contribution < 1.29 is 18.4 Å². The second kappa shape index (κ2) is 8.43. The van der Waals surface area contributed by atoms with E-state index in [4.69, 9.17) is 9.26 Å². The first kappa shape index (κ1) is 17.1. The summed E-state index contributed by atoms with van der Waals surface area (Å²) < 4.78 is 23.3. The Morgan fingerprint density at radius 1 is 1.35 bits per heavy atom. The van der Waals surface area contributed by atoms with E-state index in [1.165, 1.54) is 12.1 Å². The zero-order valence-corrected chi connectivity index (χ0v) is 13.4. The second-order valence-electron chi connectivity index (χ2n) is 5.15. The van der Waals surface area contributed by atoms with Crippen LogP contribution in [-0.2, 0) is 16.0 Å². The van der Waals surface area contributed by atoms with Gasteiger partial charge in [0.15, 0.2) is 5.76 Å². The fraction of sp³-hybridized carbons (Fsp3) is 0.412. The molecule has 0 bridgehead atoms. The highest BCUT2D eigenvalue weighted by Crippen LogP contribution is 2.24. The molecule has 2 rings (SSSR count). The number of benzene rings is 1. The van der Waals surface area contributed by atoms with Gasteiger partial charge in [0.1, 0.15) is 5.82 Å². The van der Waals surface area contributed by atoms with Gasteiger partial charge in [-0.15, -0.1) is 0 Å². The summed E-state index contributed by atoms with van der Waals surface area (Å²) in [7, 11) is 1.62. The van der Waals surface area contributed by atoms with E-state index < -0.39 is 0 Å². The molecule has 0 saturated heterocycles. The summed E-state index contributed by atoms with van der Waals surface area (Å²) in [5, 5.41) is 3.80. The summed E-state index contributed by atoms with van der Waals surface area (Å²) in [5.74, 6) is 0.343. The van der Waals surface area contributed by atoms with Gasteiger partial charge in [0, 0.05) is 37.7 Å². The Hall–Kier alpha value is -2.21. The number of aryl methyl sites for hydroxylation is 1. The number of carbonyl (C=O) groups excluding carboxylic acids is 1. The third kappa shape index (κ3) is 4.63. The van der Waals surface area contributed by atoms with Crippen molar-refractivity contribution in [2.24, 2.45) is 0 Å². The van der Waals surface area contributed by atoms with Crippen LogP contribution in [0.5, 0.6) is 0 Å². The van der Waals surface area contributed by atoms with Crippen LogP contribution in [0.3, 0.4) is 0 Å². The minimum absolute atomic E-state index is 0.0656. The van der Waals surface area contributed by atoms with Crippen molar-refractivity contribution in [2.45, 2.75) is 19.8 Å². The standard InChI is InChI=1S/C17H21FN2O3/c1-3-20(10-11-22-2)16(21)9-6-14-12-19-23-17(14)13-4-7-15(18)8-5-13/h4-5,7-8,12H,3,6,9-11H2,1-2H3. The number of methoxy groups -OCH3 is 1. The minimum Gasteiger partial charge on any atom is -0.383 e. The Labute approximate surface area is 135 Å². The van der Waals surface area contributed by atoms with E-state index in [0.717, 1.165) is 11.1 Å². The van der Waals surface area contributed by atoms with Crippen molar-refractivity contribution in [3.8, 4) is 11.3 Å². The van der Waals surface area contributed by atoms with Crippen LogP contribution in [0.2, 0.25) is 0 Å². The number of amides is 1. The van der Waals surface area contributed by atoms with Crippen LogP contribution in [0.4, 0.5) is 4.39 Å². The van der Waals surface area contributed by atoms with E-state index in [9.17, 15) is 9.18 Å². The fourth-order valence-electron chi connectivity index (χ4n) is 2.34. The Morgan fingerprint density at radius 3 is 2.74 bits per heavy atom. The normalized spacial score (nSPS) is 10.7. The molecule has 0 spiro atoms. The number of aromatic nitrogens is 1. The van der Waals surface area contributed by atoms with E-state index in [2.05, 4.69) is 5.16 Å². The van der Waals surface area contributed by atoms with E-state index in [-0.39, 0.29) is 11.7 Å². The number of hydrogen-bond acceptors (Lipinski definition) is 4. The number of carbonyl (C=O) groups is 1. The molecule has 6 heteroatoms. The Kier molecular flexibility index (Phi) is 6.29. The molecule has 0 aliphatic heterocycles. The minimum atomic E-state index is -0.304. The highest BCUT2D eigenvalue weighted by molar-refractivity contribution is 5.76. The first-order chi connectivity index (χ1) is 11.2. The highest BCUT2D eigenvalue weighted by Gasteiger charge is 2.15. The van der Waals surface area contributed by atoms with Crippen LogP contribution in [0, 0.1) is 5.82 Å². The molecule has 0 aliphatic rings. The van der Waals surface area contributed by atoms with Crippen LogP contribution in [0.1, 0.15) is 18.9 Å². The van der Waals surface area contributed by atoms with Gasteiger partial charge in [0.05, 0.1) is 12.8 Å². The van der Waals surface area contributed by atoms with Gasteiger partial charge < -0.3 is 14.2 Å². The lowest BCUT2D eigenvalue weighted by molar-refractivity contribution is -0.131. The molecule has 1 aromatic carbocycles. The van der Waals surface area contributed by atoms with Gasteiger partial charge in [-0.2, -0.15) is 0 Å². The van der Waals surface area contributed by atoms with Gasteiger partial charge in [-0.1, -0.05) is 5.16 Å². The molecular weight excluding hydrogens is 299 g/mol. The van der Waals surface area contributed by atoms with Gasteiger partial charge in [-0.3, -0.25) is 4.79 Å². The summed E-state index contributed by atoms with van der Waals surface area (Å²) in [6.07, 6.45) is 2.50. The zero-order chi connectivity index (χ0) is 16.7. The molecule has 124 valence electrons. The van der Waals surface area contributed by atoms with E-state index in [1.54, 1.807) is 30.3 Å². The van der Waals surface area contributed by atoms with Crippen molar-refractivity contribution in [1.29, 1.82) is 0 Å². The lowest BCUT2D eigenvalue weighted by atomic mass is 10.1. The van der Waals surface area contributed by atoms with Crippen molar-refractivity contribution in [3.63, 3.8) is 0 Å². The van der Waals surface area contributed by atoms with Crippen LogP contribution >= 0.6 is 0 Å². The number of halogens is 1. The molecule has 0 atom stereocenters. The quantitative estimate of drug-likeness (QED) is 0.750. The monoisotopic (exact) mass is 320 g/mol. The van der Waals surface area contributed by atoms with Crippen LogP contribution in [0.25, 0.3) is 11.3 Å². The van der Waals surface area contributed by atoms with Gasteiger partial charge in [0.25, 0.3) is 0 Å². The molecule has 5 nitrogen and oxygen atoms in total. The number of ether oxygens (including phenoxy) is 1. The Bertz CT molecular complexity index is 625. The topological polar surface area (TPSA) is 55.6 Å². The SMILES string of the molecule is CCN(CCOC)C(=O)CCc1cnoc1-c1ccc(F)cc1. The van der Waals surface area contributed by atoms with Gasteiger partial charge in [-0.25, -0.2) is 4.39 Å². The second-order valence-corrected chi connectivity index (χ2v) is 5.15. The molecule has 1 amide bonds. The molecule has 23 heavy (non-hydrogen) atoms. The summed E-state index contributed by atoms with van der Waals surface area (Å²) in [5.41, 5.74) is 1.59. The van der Waals surface area contributed by atoms with Crippen LogP contribution in [-0.4, -0.2) is 42.8 Å². The first-order valence-corrected chi connectivity index (χ1v) is 7.62. The average Bonchev–Trinajstić information content (AvgIpc) is 3.03. The number of rotatable bonds is 8. The number of nitrogens with zero attached hydrogens (tertiary/aromatic N) is 2. The first-order valence-electron chi connectivity index (χ1n) is 7.62. The summed E-state index contributed by atoms with van der Waals surface area (Å²) in [4.78, 5) is 14.0. The molecule has 0 N–H and O–H groups in total. The third-order valence-electron chi connectivity index (χ3n) is 3.66. The smallest absolute Gasteiger partial charge is 0.222 e. The molecule has 1 heterocycles. The predicted molar refractivity (Wildman–Crippen MR) is 84.3 cm³/mol. The average molecular weight is 320 g/mol. The Morgan fingerprint density at radius 2 is 2.09 bits per heavy atom. The highest BCUT2D eigenvalue weighted by atomic mass is 19.1. The van der Waals surface area contributed by atoms with Crippen molar-refractivity contribution in [3.05, 3.63) is 41.8 Å². The van der Waals surface area contributed by atoms with Crippen molar-refractivity contribution >= 4 is 5.91 Å². The molecule has 0 saturated carbocycles. The molecule has 0 aliphatic carbocycles.